The molecule has 8 heteroatoms. The van der Waals surface area contributed by atoms with E-state index in [1.165, 1.54) is 0 Å². The van der Waals surface area contributed by atoms with Gasteiger partial charge in [-0.2, -0.15) is 13.2 Å². The van der Waals surface area contributed by atoms with Crippen molar-refractivity contribution < 1.29 is 27.4 Å². The summed E-state index contributed by atoms with van der Waals surface area (Å²) in [5.74, 6) is 0.619. The van der Waals surface area contributed by atoms with Crippen LogP contribution in [0.5, 0.6) is 11.5 Å². The van der Waals surface area contributed by atoms with E-state index < -0.39 is 25.2 Å². The van der Waals surface area contributed by atoms with E-state index in [2.05, 4.69) is 5.32 Å². The Bertz CT molecular complexity index is 491. The molecule has 110 valence electrons. The maximum atomic E-state index is 11.9. The zero-order valence-electron chi connectivity index (χ0n) is 10.4. The van der Waals surface area contributed by atoms with E-state index in [1.807, 2.05) is 5.32 Å². The number of rotatable bonds is 5. The average molecular weight is 290 g/mol. The molecule has 1 aliphatic heterocycles. The van der Waals surface area contributed by atoms with Gasteiger partial charge in [-0.1, -0.05) is 12.1 Å². The number of ether oxygens (including phenoxy) is 2. The minimum absolute atomic E-state index is 0.118. The molecule has 0 radical (unpaired) electrons. The number of carbonyl (C=O) groups excluding carboxylic acids is 1. The van der Waals surface area contributed by atoms with E-state index in [0.29, 0.717) is 17.1 Å². The molecule has 0 fully saturated rings. The first-order valence-electron chi connectivity index (χ1n) is 5.87. The molecule has 0 aliphatic carbocycles. The Morgan fingerprint density at radius 1 is 1.30 bits per heavy atom. The van der Waals surface area contributed by atoms with Crippen molar-refractivity contribution >= 4 is 5.91 Å². The topological polar surface area (TPSA) is 59.6 Å². The molecule has 0 unspecified atom stereocenters. The van der Waals surface area contributed by atoms with E-state index in [0.717, 1.165) is 0 Å². The van der Waals surface area contributed by atoms with Gasteiger partial charge >= 0.3 is 6.18 Å². The quantitative estimate of drug-likeness (QED) is 0.855. The van der Waals surface area contributed by atoms with Gasteiger partial charge in [-0.25, -0.2) is 0 Å². The standard InChI is InChI=1S/C12H13F3N2O3/c13-12(14,15)6-16-5-10(18)17-4-8-2-1-3-9-11(8)20-7-19-9/h1-3,16H,4-7H2,(H,17,18). The van der Waals surface area contributed by atoms with Gasteiger partial charge in [-0.15, -0.1) is 0 Å². The molecule has 0 bridgehead atoms. The van der Waals surface area contributed by atoms with E-state index >= 15 is 0 Å². The van der Waals surface area contributed by atoms with Gasteiger partial charge in [0.15, 0.2) is 11.5 Å². The molecule has 0 aromatic heterocycles. The van der Waals surface area contributed by atoms with Crippen LogP contribution in [0.2, 0.25) is 0 Å². The summed E-state index contributed by atoms with van der Waals surface area (Å²) in [6, 6.07) is 5.23. The lowest BCUT2D eigenvalue weighted by atomic mass is 10.2. The second-order valence-corrected chi connectivity index (χ2v) is 4.15. The monoisotopic (exact) mass is 290 g/mol. The molecule has 1 heterocycles. The fourth-order valence-electron chi connectivity index (χ4n) is 1.70. The fourth-order valence-corrected chi connectivity index (χ4v) is 1.70. The van der Waals surface area contributed by atoms with E-state index in [1.54, 1.807) is 18.2 Å². The van der Waals surface area contributed by atoms with Crippen molar-refractivity contribution in [3.8, 4) is 11.5 Å². The Kier molecular flexibility index (Phi) is 4.33. The molecule has 5 nitrogen and oxygen atoms in total. The third kappa shape index (κ3) is 4.02. The van der Waals surface area contributed by atoms with Crippen molar-refractivity contribution in [2.24, 2.45) is 0 Å². The van der Waals surface area contributed by atoms with Gasteiger partial charge in [0.1, 0.15) is 0 Å². The number of amides is 1. The summed E-state index contributed by atoms with van der Waals surface area (Å²) in [5, 5.41) is 4.53. The van der Waals surface area contributed by atoms with Gasteiger partial charge in [0, 0.05) is 12.1 Å². The molecule has 0 saturated heterocycles. The lowest BCUT2D eigenvalue weighted by Gasteiger charge is -2.10. The highest BCUT2D eigenvalue weighted by molar-refractivity contribution is 5.78. The first kappa shape index (κ1) is 14.4. The first-order chi connectivity index (χ1) is 9.46. The number of benzene rings is 1. The van der Waals surface area contributed by atoms with Crippen LogP contribution in [0.15, 0.2) is 18.2 Å². The normalized spacial score (nSPS) is 13.3. The van der Waals surface area contributed by atoms with Gasteiger partial charge in [-0.05, 0) is 6.07 Å². The number of halogens is 3. The Morgan fingerprint density at radius 3 is 2.85 bits per heavy atom. The molecule has 1 aliphatic rings. The third-order valence-electron chi connectivity index (χ3n) is 2.57. The second-order valence-electron chi connectivity index (χ2n) is 4.15. The second kappa shape index (κ2) is 6.00. The lowest BCUT2D eigenvalue weighted by molar-refractivity contribution is -0.128. The summed E-state index contributed by atoms with van der Waals surface area (Å²) < 4.78 is 46.1. The van der Waals surface area contributed by atoms with Crippen molar-refractivity contribution in [3.63, 3.8) is 0 Å². The van der Waals surface area contributed by atoms with Gasteiger partial charge < -0.3 is 20.1 Å². The molecule has 0 atom stereocenters. The molecule has 0 spiro atoms. The predicted octanol–water partition coefficient (Wildman–Crippen LogP) is 1.18. The fraction of sp³-hybridized carbons (Fsp3) is 0.417. The van der Waals surface area contributed by atoms with Crippen LogP contribution in [0, 0.1) is 0 Å². The molecule has 2 rings (SSSR count). The maximum Gasteiger partial charge on any atom is 0.401 e. The summed E-state index contributed by atoms with van der Waals surface area (Å²) in [6.07, 6.45) is -4.33. The van der Waals surface area contributed by atoms with Gasteiger partial charge in [-0.3, -0.25) is 4.79 Å². The zero-order chi connectivity index (χ0) is 14.6. The number of fused-ring (bicyclic) bond motifs is 1. The van der Waals surface area contributed by atoms with Crippen molar-refractivity contribution in [1.82, 2.24) is 10.6 Å². The highest BCUT2D eigenvalue weighted by Crippen LogP contribution is 2.35. The number of nitrogens with one attached hydrogen (secondary N) is 2. The molecule has 1 amide bonds. The van der Waals surface area contributed by atoms with Crippen molar-refractivity contribution in [2.45, 2.75) is 12.7 Å². The van der Waals surface area contributed by atoms with Gasteiger partial charge in [0.2, 0.25) is 12.7 Å². The van der Waals surface area contributed by atoms with Gasteiger partial charge in [0.05, 0.1) is 13.1 Å². The van der Waals surface area contributed by atoms with Crippen molar-refractivity contribution in [3.05, 3.63) is 23.8 Å². The van der Waals surface area contributed by atoms with E-state index in [4.69, 9.17) is 9.47 Å². The molecule has 1 aromatic carbocycles. The summed E-state index contributed by atoms with van der Waals surface area (Å²) in [7, 11) is 0. The molecule has 0 saturated carbocycles. The Morgan fingerprint density at radius 2 is 2.10 bits per heavy atom. The molecular weight excluding hydrogens is 277 g/mol. The molecule has 2 N–H and O–H groups in total. The Balaban J connectivity index is 1.78. The number of hydrogen-bond donors (Lipinski definition) is 2. The number of alkyl halides is 3. The van der Waals surface area contributed by atoms with E-state index in [-0.39, 0.29) is 13.3 Å². The SMILES string of the molecule is O=C(CNCC(F)(F)F)NCc1cccc2c1OCO2. The van der Waals surface area contributed by atoms with Crippen molar-refractivity contribution in [2.75, 3.05) is 19.9 Å². The minimum Gasteiger partial charge on any atom is -0.454 e. The van der Waals surface area contributed by atoms with Crippen LogP contribution in [0.25, 0.3) is 0 Å². The average Bonchev–Trinajstić information content (AvgIpc) is 2.83. The summed E-state index contributed by atoms with van der Waals surface area (Å²) in [6.45, 7) is -1.31. The van der Waals surface area contributed by atoms with Crippen LogP contribution >= 0.6 is 0 Å². The summed E-state index contributed by atoms with van der Waals surface area (Å²) >= 11 is 0. The molecular formula is C12H13F3N2O3. The van der Waals surface area contributed by atoms with Crippen LogP contribution in [-0.2, 0) is 11.3 Å². The van der Waals surface area contributed by atoms with Gasteiger partial charge in [0.25, 0.3) is 0 Å². The highest BCUT2D eigenvalue weighted by Gasteiger charge is 2.26. The maximum absolute atomic E-state index is 11.9. The smallest absolute Gasteiger partial charge is 0.401 e. The molecule has 20 heavy (non-hydrogen) atoms. The van der Waals surface area contributed by atoms with Crippen LogP contribution in [-0.4, -0.2) is 32.0 Å². The largest absolute Gasteiger partial charge is 0.454 e. The number of hydrogen-bond acceptors (Lipinski definition) is 4. The summed E-state index contributed by atoms with van der Waals surface area (Å²) in [4.78, 5) is 11.4. The summed E-state index contributed by atoms with van der Waals surface area (Å²) in [5.41, 5.74) is 0.712. The minimum atomic E-state index is -4.33. The lowest BCUT2D eigenvalue weighted by Crippen LogP contribution is -2.38. The number of carbonyl (C=O) groups is 1. The molecule has 1 aromatic rings. The predicted molar refractivity (Wildman–Crippen MR) is 63.3 cm³/mol. The number of para-hydroxylation sites is 1. The van der Waals surface area contributed by atoms with Crippen LogP contribution < -0.4 is 20.1 Å². The highest BCUT2D eigenvalue weighted by atomic mass is 19.4. The van der Waals surface area contributed by atoms with E-state index in [9.17, 15) is 18.0 Å². The van der Waals surface area contributed by atoms with Crippen LogP contribution in [0.4, 0.5) is 13.2 Å². The first-order valence-corrected chi connectivity index (χ1v) is 5.87. The van der Waals surface area contributed by atoms with Crippen LogP contribution in [0.1, 0.15) is 5.56 Å². The Hall–Kier alpha value is -1.96. The Labute approximate surface area is 113 Å². The van der Waals surface area contributed by atoms with Crippen LogP contribution in [0.3, 0.4) is 0 Å². The zero-order valence-corrected chi connectivity index (χ0v) is 10.4. The van der Waals surface area contributed by atoms with Crippen molar-refractivity contribution in [1.29, 1.82) is 0 Å². The third-order valence-corrected chi connectivity index (χ3v) is 2.57.